The molecule has 112 valence electrons. The molecule has 0 aliphatic carbocycles. The van der Waals surface area contributed by atoms with E-state index in [2.05, 4.69) is 21.2 Å². The third-order valence-electron chi connectivity index (χ3n) is 3.55. The van der Waals surface area contributed by atoms with E-state index in [-0.39, 0.29) is 11.9 Å². The van der Waals surface area contributed by atoms with Gasteiger partial charge in [-0.05, 0) is 76.8 Å². The lowest BCUT2D eigenvalue weighted by Crippen LogP contribution is -2.24. The Bertz CT molecular complexity index is 634. The van der Waals surface area contributed by atoms with E-state index in [9.17, 15) is 4.39 Å². The van der Waals surface area contributed by atoms with Crippen LogP contribution in [0.25, 0.3) is 0 Å². The molecule has 21 heavy (non-hydrogen) atoms. The summed E-state index contributed by atoms with van der Waals surface area (Å²) in [5, 5.41) is 4.14. The molecule has 0 saturated heterocycles. The molecule has 0 saturated carbocycles. The smallest absolute Gasteiger partial charge is 0.123 e. The van der Waals surface area contributed by atoms with Crippen LogP contribution in [0.3, 0.4) is 0 Å². The fourth-order valence-electron chi connectivity index (χ4n) is 2.69. The van der Waals surface area contributed by atoms with Crippen LogP contribution in [0, 0.1) is 19.7 Å². The van der Waals surface area contributed by atoms with E-state index < -0.39 is 0 Å². The number of halogens is 3. The average Bonchev–Trinajstić information content (AvgIpc) is 2.40. The Balaban J connectivity index is 2.62. The van der Waals surface area contributed by atoms with Gasteiger partial charge in [0, 0.05) is 4.47 Å². The summed E-state index contributed by atoms with van der Waals surface area (Å²) in [7, 11) is 0. The highest BCUT2D eigenvalue weighted by molar-refractivity contribution is 9.10. The van der Waals surface area contributed by atoms with Crippen molar-refractivity contribution in [1.82, 2.24) is 5.32 Å². The molecule has 0 fully saturated rings. The lowest BCUT2D eigenvalue weighted by Gasteiger charge is -2.24. The zero-order valence-corrected chi connectivity index (χ0v) is 14.6. The summed E-state index contributed by atoms with van der Waals surface area (Å²) in [4.78, 5) is 0. The Hall–Kier alpha value is -0.900. The number of benzene rings is 2. The first-order valence-electron chi connectivity index (χ1n) is 6.89. The summed E-state index contributed by atoms with van der Waals surface area (Å²) < 4.78 is 14.4. The van der Waals surface area contributed by atoms with Crippen LogP contribution in [0.2, 0.25) is 5.02 Å². The van der Waals surface area contributed by atoms with E-state index in [0.29, 0.717) is 5.02 Å². The number of hydrogen-bond acceptors (Lipinski definition) is 1. The molecular weight excluding hydrogens is 353 g/mol. The second kappa shape index (κ2) is 6.91. The van der Waals surface area contributed by atoms with Crippen LogP contribution >= 0.6 is 27.5 Å². The van der Waals surface area contributed by atoms with Gasteiger partial charge in [-0.15, -0.1) is 0 Å². The van der Waals surface area contributed by atoms with Gasteiger partial charge in [0.15, 0.2) is 0 Å². The van der Waals surface area contributed by atoms with E-state index in [1.165, 1.54) is 0 Å². The quantitative estimate of drug-likeness (QED) is 0.743. The van der Waals surface area contributed by atoms with Crippen LogP contribution in [0.15, 0.2) is 34.8 Å². The normalized spacial score (nSPS) is 12.5. The van der Waals surface area contributed by atoms with Crippen LogP contribution in [-0.4, -0.2) is 6.54 Å². The molecular formula is C17H18BrClFN. The van der Waals surface area contributed by atoms with Gasteiger partial charge in [0.25, 0.3) is 0 Å². The minimum absolute atomic E-state index is 0.0550. The molecule has 0 radical (unpaired) electrons. The van der Waals surface area contributed by atoms with Crippen molar-refractivity contribution in [2.24, 2.45) is 0 Å². The zero-order chi connectivity index (χ0) is 15.6. The highest BCUT2D eigenvalue weighted by Crippen LogP contribution is 2.35. The van der Waals surface area contributed by atoms with Crippen molar-refractivity contribution in [2.45, 2.75) is 26.8 Å². The van der Waals surface area contributed by atoms with Crippen molar-refractivity contribution in [3.05, 3.63) is 67.9 Å². The van der Waals surface area contributed by atoms with Crippen LogP contribution in [-0.2, 0) is 0 Å². The predicted octanol–water partition coefficient (Wildman–Crippen LogP) is 5.56. The standard InChI is InChI=1S/C17H18BrClFN/c1-4-21-17(13-6-5-7-14(18)16(13)19)15-10(2)8-12(20)9-11(15)3/h5-9,17,21H,4H2,1-3H3. The second-order valence-corrected chi connectivity index (χ2v) is 6.32. The molecule has 0 aliphatic rings. The molecule has 4 heteroatoms. The summed E-state index contributed by atoms with van der Waals surface area (Å²) in [6.07, 6.45) is 0. The fraction of sp³-hybridized carbons (Fsp3) is 0.294. The van der Waals surface area contributed by atoms with Crippen molar-refractivity contribution in [3.63, 3.8) is 0 Å². The van der Waals surface area contributed by atoms with Gasteiger partial charge in [-0.2, -0.15) is 0 Å². The predicted molar refractivity (Wildman–Crippen MR) is 90.5 cm³/mol. The minimum atomic E-state index is -0.204. The molecule has 0 bridgehead atoms. The monoisotopic (exact) mass is 369 g/mol. The van der Waals surface area contributed by atoms with Crippen LogP contribution in [0.5, 0.6) is 0 Å². The van der Waals surface area contributed by atoms with Crippen molar-refractivity contribution < 1.29 is 4.39 Å². The maximum absolute atomic E-state index is 13.5. The molecule has 2 rings (SSSR count). The average molecular weight is 371 g/mol. The molecule has 0 aliphatic heterocycles. The summed E-state index contributed by atoms with van der Waals surface area (Å²) in [6, 6.07) is 8.96. The number of rotatable bonds is 4. The topological polar surface area (TPSA) is 12.0 Å². The summed E-state index contributed by atoms with van der Waals surface area (Å²) >= 11 is 9.92. The van der Waals surface area contributed by atoms with Crippen LogP contribution in [0.1, 0.15) is 35.2 Å². The molecule has 0 heterocycles. The molecule has 2 aromatic rings. The summed E-state index contributed by atoms with van der Waals surface area (Å²) in [6.45, 7) is 6.71. The van der Waals surface area contributed by atoms with Gasteiger partial charge in [-0.1, -0.05) is 30.7 Å². The van der Waals surface area contributed by atoms with Gasteiger partial charge in [0.2, 0.25) is 0 Å². The molecule has 2 aromatic carbocycles. The minimum Gasteiger partial charge on any atom is -0.306 e. The van der Waals surface area contributed by atoms with E-state index in [1.807, 2.05) is 39.0 Å². The van der Waals surface area contributed by atoms with Crippen molar-refractivity contribution >= 4 is 27.5 Å². The summed E-state index contributed by atoms with van der Waals surface area (Å²) in [5.74, 6) is -0.204. The first kappa shape index (κ1) is 16.5. The zero-order valence-electron chi connectivity index (χ0n) is 12.3. The van der Waals surface area contributed by atoms with Gasteiger partial charge in [-0.25, -0.2) is 4.39 Å². The number of aryl methyl sites for hydroxylation is 2. The first-order chi connectivity index (χ1) is 9.95. The van der Waals surface area contributed by atoms with Crippen LogP contribution in [0.4, 0.5) is 4.39 Å². The first-order valence-corrected chi connectivity index (χ1v) is 8.06. The molecule has 0 spiro atoms. The number of hydrogen-bond donors (Lipinski definition) is 1. The van der Waals surface area contributed by atoms with Gasteiger partial charge >= 0.3 is 0 Å². The van der Waals surface area contributed by atoms with Gasteiger partial charge in [-0.3, -0.25) is 0 Å². The Morgan fingerprint density at radius 2 is 1.86 bits per heavy atom. The SMILES string of the molecule is CCNC(c1cccc(Br)c1Cl)c1c(C)cc(F)cc1C. The van der Waals surface area contributed by atoms with E-state index in [4.69, 9.17) is 11.6 Å². The second-order valence-electron chi connectivity index (χ2n) is 5.09. The van der Waals surface area contributed by atoms with Gasteiger partial charge in [0.05, 0.1) is 11.1 Å². The molecule has 1 unspecified atom stereocenters. The third kappa shape index (κ3) is 3.47. The molecule has 0 aromatic heterocycles. The number of nitrogens with one attached hydrogen (secondary N) is 1. The van der Waals surface area contributed by atoms with Gasteiger partial charge in [0.1, 0.15) is 5.82 Å². The van der Waals surface area contributed by atoms with E-state index in [0.717, 1.165) is 33.3 Å². The Morgan fingerprint density at radius 1 is 1.24 bits per heavy atom. The molecule has 1 atom stereocenters. The maximum Gasteiger partial charge on any atom is 0.123 e. The van der Waals surface area contributed by atoms with Crippen molar-refractivity contribution in [3.8, 4) is 0 Å². The Kier molecular flexibility index (Phi) is 5.42. The highest BCUT2D eigenvalue weighted by atomic mass is 79.9. The summed E-state index contributed by atoms with van der Waals surface area (Å²) in [5.41, 5.74) is 3.92. The molecule has 0 amide bonds. The lowest BCUT2D eigenvalue weighted by molar-refractivity contribution is 0.606. The van der Waals surface area contributed by atoms with E-state index in [1.54, 1.807) is 12.1 Å². The van der Waals surface area contributed by atoms with E-state index >= 15 is 0 Å². The molecule has 1 N–H and O–H groups in total. The maximum atomic E-state index is 13.5. The van der Waals surface area contributed by atoms with Gasteiger partial charge < -0.3 is 5.32 Å². The molecule has 1 nitrogen and oxygen atoms in total. The van der Waals surface area contributed by atoms with Crippen molar-refractivity contribution in [1.29, 1.82) is 0 Å². The Morgan fingerprint density at radius 3 is 2.43 bits per heavy atom. The highest BCUT2D eigenvalue weighted by Gasteiger charge is 2.21. The van der Waals surface area contributed by atoms with Crippen LogP contribution < -0.4 is 5.32 Å². The largest absolute Gasteiger partial charge is 0.306 e. The lowest BCUT2D eigenvalue weighted by atomic mass is 9.91. The Labute approximate surface area is 138 Å². The van der Waals surface area contributed by atoms with Crippen molar-refractivity contribution in [2.75, 3.05) is 6.54 Å². The fourth-order valence-corrected chi connectivity index (χ4v) is 3.31. The third-order valence-corrected chi connectivity index (χ3v) is 4.86.